The van der Waals surface area contributed by atoms with Crippen molar-refractivity contribution in [3.8, 4) is 17.2 Å². The number of amides is 1. The summed E-state index contributed by atoms with van der Waals surface area (Å²) in [5, 5.41) is 8.26. The van der Waals surface area contributed by atoms with Gasteiger partial charge in [-0.05, 0) is 44.2 Å². The summed E-state index contributed by atoms with van der Waals surface area (Å²) >= 11 is 0. The Balaban J connectivity index is 1.72. The second-order valence-electron chi connectivity index (χ2n) is 5.73. The summed E-state index contributed by atoms with van der Waals surface area (Å²) in [4.78, 5) is 13.4. The third-order valence-corrected chi connectivity index (χ3v) is 4.30. The second-order valence-corrected chi connectivity index (χ2v) is 5.73. The highest BCUT2D eigenvalue weighted by Crippen LogP contribution is 2.29. The lowest BCUT2D eigenvalue weighted by Crippen LogP contribution is -2.29. The summed E-state index contributed by atoms with van der Waals surface area (Å²) in [7, 11) is 1.62. The lowest BCUT2D eigenvalue weighted by molar-refractivity contribution is -0.121. The minimum Gasteiger partial charge on any atom is -0.497 e. The molecular weight excluding hydrogens is 296 g/mol. The van der Waals surface area contributed by atoms with E-state index in [1.165, 1.54) is 0 Å². The number of likely N-dealkylation sites (tertiary alicyclic amines) is 1. The molecule has 2 heterocycles. The molecule has 23 heavy (non-hydrogen) atoms. The van der Waals surface area contributed by atoms with Crippen molar-refractivity contribution in [2.24, 2.45) is 11.7 Å². The predicted molar refractivity (Wildman–Crippen MR) is 83.6 cm³/mol. The van der Waals surface area contributed by atoms with Crippen LogP contribution in [0.3, 0.4) is 0 Å². The number of methoxy groups -OCH3 is 1. The fourth-order valence-electron chi connectivity index (χ4n) is 2.78. The Morgan fingerprint density at radius 1 is 1.39 bits per heavy atom. The number of ether oxygens (including phenoxy) is 1. The number of aromatic nitrogens is 2. The monoisotopic (exact) mass is 316 g/mol. The van der Waals surface area contributed by atoms with Crippen LogP contribution in [0, 0.1) is 5.92 Å². The first kappa shape index (κ1) is 15.5. The smallest absolute Gasteiger partial charge is 0.247 e. The molecule has 0 unspecified atom stereocenters. The molecule has 1 aromatic carbocycles. The molecule has 1 aliphatic rings. The first-order valence-corrected chi connectivity index (χ1v) is 7.59. The Morgan fingerprint density at radius 3 is 2.74 bits per heavy atom. The molecule has 1 amide bonds. The van der Waals surface area contributed by atoms with Gasteiger partial charge in [0.05, 0.1) is 19.1 Å². The molecule has 3 rings (SSSR count). The van der Waals surface area contributed by atoms with Gasteiger partial charge in [-0.3, -0.25) is 9.69 Å². The maximum absolute atomic E-state index is 11.3. The van der Waals surface area contributed by atoms with E-state index in [-0.39, 0.29) is 17.9 Å². The number of rotatable bonds is 5. The molecule has 1 aliphatic heterocycles. The minimum atomic E-state index is -0.246. The lowest BCUT2D eigenvalue weighted by Gasteiger charge is -2.20. The summed E-state index contributed by atoms with van der Waals surface area (Å²) in [6.45, 7) is 3.43. The summed E-state index contributed by atoms with van der Waals surface area (Å²) in [6, 6.07) is 7.40. The normalized spacial score (nSPS) is 19.7. The van der Waals surface area contributed by atoms with Gasteiger partial charge < -0.3 is 14.9 Å². The van der Waals surface area contributed by atoms with E-state index in [1.54, 1.807) is 7.11 Å². The average Bonchev–Trinajstić information content (AvgIpc) is 3.24. The van der Waals surface area contributed by atoms with E-state index < -0.39 is 0 Å². The minimum absolute atomic E-state index is 0.0427. The first-order chi connectivity index (χ1) is 11.1. The molecule has 0 spiro atoms. The van der Waals surface area contributed by atoms with E-state index in [1.807, 2.05) is 31.2 Å². The van der Waals surface area contributed by atoms with E-state index in [2.05, 4.69) is 15.1 Å². The molecular formula is C16H20N4O3. The Morgan fingerprint density at radius 2 is 2.13 bits per heavy atom. The number of primary amides is 1. The SMILES string of the molecule is COc1ccc(-c2nnc([C@@H](C)N3CC[C@H](C(N)=O)C3)o2)cc1. The molecule has 122 valence electrons. The molecule has 7 heteroatoms. The topological polar surface area (TPSA) is 94.5 Å². The van der Waals surface area contributed by atoms with Crippen molar-refractivity contribution >= 4 is 5.91 Å². The van der Waals surface area contributed by atoms with Crippen LogP contribution in [0.4, 0.5) is 0 Å². The fourth-order valence-corrected chi connectivity index (χ4v) is 2.78. The van der Waals surface area contributed by atoms with Crippen molar-refractivity contribution < 1.29 is 13.9 Å². The van der Waals surface area contributed by atoms with Gasteiger partial charge in [-0.1, -0.05) is 0 Å². The van der Waals surface area contributed by atoms with Crippen LogP contribution < -0.4 is 10.5 Å². The van der Waals surface area contributed by atoms with Crippen LogP contribution in [-0.4, -0.2) is 41.2 Å². The zero-order chi connectivity index (χ0) is 16.4. The second kappa shape index (κ2) is 6.37. The van der Waals surface area contributed by atoms with Crippen LogP contribution in [0.15, 0.2) is 28.7 Å². The molecule has 1 saturated heterocycles. The van der Waals surface area contributed by atoms with Crippen molar-refractivity contribution in [1.82, 2.24) is 15.1 Å². The number of nitrogens with two attached hydrogens (primary N) is 1. The molecule has 2 atom stereocenters. The van der Waals surface area contributed by atoms with E-state index >= 15 is 0 Å². The highest BCUT2D eigenvalue weighted by molar-refractivity contribution is 5.77. The standard InChI is InChI=1S/C16H20N4O3/c1-10(20-8-7-12(9-20)14(17)21)15-18-19-16(23-15)11-3-5-13(22-2)6-4-11/h3-6,10,12H,7-9H2,1-2H3,(H2,17,21)/t10-,12+/m1/s1. The quantitative estimate of drug-likeness (QED) is 0.900. The van der Waals surface area contributed by atoms with E-state index in [0.29, 0.717) is 18.3 Å². The average molecular weight is 316 g/mol. The van der Waals surface area contributed by atoms with Crippen molar-refractivity contribution in [3.63, 3.8) is 0 Å². The summed E-state index contributed by atoms with van der Waals surface area (Å²) < 4.78 is 10.9. The van der Waals surface area contributed by atoms with Gasteiger partial charge in [-0.15, -0.1) is 10.2 Å². The Bertz CT molecular complexity index is 683. The molecule has 2 N–H and O–H groups in total. The van der Waals surface area contributed by atoms with Gasteiger partial charge >= 0.3 is 0 Å². The Hall–Kier alpha value is -2.41. The molecule has 0 bridgehead atoms. The first-order valence-electron chi connectivity index (χ1n) is 7.59. The van der Waals surface area contributed by atoms with Gasteiger partial charge in [0, 0.05) is 12.1 Å². The summed E-state index contributed by atoms with van der Waals surface area (Å²) in [6.07, 6.45) is 0.777. The third-order valence-electron chi connectivity index (χ3n) is 4.30. The number of hydrogen-bond acceptors (Lipinski definition) is 6. The Kier molecular flexibility index (Phi) is 4.29. The fraction of sp³-hybridized carbons (Fsp3) is 0.438. The predicted octanol–water partition coefficient (Wildman–Crippen LogP) is 1.61. The van der Waals surface area contributed by atoms with E-state index in [0.717, 1.165) is 24.3 Å². The van der Waals surface area contributed by atoms with Gasteiger partial charge in [0.1, 0.15) is 5.75 Å². The van der Waals surface area contributed by atoms with Crippen LogP contribution >= 0.6 is 0 Å². The van der Waals surface area contributed by atoms with E-state index in [4.69, 9.17) is 14.9 Å². The van der Waals surface area contributed by atoms with Crippen LogP contribution in [0.25, 0.3) is 11.5 Å². The van der Waals surface area contributed by atoms with Gasteiger partial charge in [-0.2, -0.15) is 0 Å². The van der Waals surface area contributed by atoms with Gasteiger partial charge in [0.25, 0.3) is 0 Å². The maximum Gasteiger partial charge on any atom is 0.247 e. The highest BCUT2D eigenvalue weighted by atomic mass is 16.5. The van der Waals surface area contributed by atoms with E-state index in [9.17, 15) is 4.79 Å². The summed E-state index contributed by atoms with van der Waals surface area (Å²) in [5.74, 6) is 1.45. The number of nitrogens with zero attached hydrogens (tertiary/aromatic N) is 3. The zero-order valence-corrected chi connectivity index (χ0v) is 13.2. The Labute approximate surface area is 134 Å². The van der Waals surface area contributed by atoms with Gasteiger partial charge in [-0.25, -0.2) is 0 Å². The molecule has 0 radical (unpaired) electrons. The molecule has 1 aromatic heterocycles. The van der Waals surface area contributed by atoms with Crippen LogP contribution in [0.5, 0.6) is 5.75 Å². The highest BCUT2D eigenvalue weighted by Gasteiger charge is 2.32. The number of benzene rings is 1. The zero-order valence-electron chi connectivity index (χ0n) is 13.2. The number of hydrogen-bond donors (Lipinski definition) is 1. The third kappa shape index (κ3) is 3.19. The number of carbonyl (C=O) groups excluding carboxylic acids is 1. The molecule has 1 fully saturated rings. The van der Waals surface area contributed by atoms with Crippen molar-refractivity contribution in [2.75, 3.05) is 20.2 Å². The van der Waals surface area contributed by atoms with Gasteiger partial charge in [0.15, 0.2) is 0 Å². The molecule has 2 aromatic rings. The van der Waals surface area contributed by atoms with Crippen molar-refractivity contribution in [1.29, 1.82) is 0 Å². The molecule has 0 aliphatic carbocycles. The maximum atomic E-state index is 11.3. The van der Waals surface area contributed by atoms with Crippen LogP contribution in [0.1, 0.15) is 25.3 Å². The van der Waals surface area contributed by atoms with Crippen molar-refractivity contribution in [3.05, 3.63) is 30.2 Å². The van der Waals surface area contributed by atoms with Crippen LogP contribution in [-0.2, 0) is 4.79 Å². The molecule has 7 nitrogen and oxygen atoms in total. The number of carbonyl (C=O) groups is 1. The van der Waals surface area contributed by atoms with Gasteiger partial charge in [0.2, 0.25) is 17.7 Å². The largest absolute Gasteiger partial charge is 0.497 e. The molecule has 0 saturated carbocycles. The summed E-state index contributed by atoms with van der Waals surface area (Å²) in [5.41, 5.74) is 6.22. The van der Waals surface area contributed by atoms with Crippen molar-refractivity contribution in [2.45, 2.75) is 19.4 Å². The van der Waals surface area contributed by atoms with Crippen LogP contribution in [0.2, 0.25) is 0 Å². The lowest BCUT2D eigenvalue weighted by atomic mass is 10.1.